The van der Waals surface area contributed by atoms with Crippen LogP contribution in [0.5, 0.6) is 5.75 Å². The number of benzene rings is 2. The largest absolute Gasteiger partial charge is 0.573 e. The molecule has 2 aromatic heterocycles. The molecule has 34 heavy (non-hydrogen) atoms. The second-order valence-corrected chi connectivity index (χ2v) is 6.98. The van der Waals surface area contributed by atoms with E-state index in [1.807, 2.05) is 6.92 Å². The molecule has 0 aliphatic heterocycles. The molecular weight excluding hydrogens is 449 g/mol. The van der Waals surface area contributed by atoms with Crippen molar-refractivity contribution in [3.05, 3.63) is 90.6 Å². The molecule has 4 rings (SSSR count). The quantitative estimate of drug-likeness (QED) is 0.418. The molecule has 1 N–H and O–H groups in total. The van der Waals surface area contributed by atoms with Crippen molar-refractivity contribution in [3.63, 3.8) is 0 Å². The second-order valence-electron chi connectivity index (χ2n) is 6.98. The molecule has 0 saturated heterocycles. The number of amides is 1. The van der Waals surface area contributed by atoms with Crippen LogP contribution in [0.4, 0.5) is 36.3 Å². The molecule has 0 radical (unpaired) electrons. The van der Waals surface area contributed by atoms with Crippen molar-refractivity contribution in [2.24, 2.45) is 0 Å². The molecule has 0 aliphatic rings. The topological polar surface area (TPSA) is 93.1 Å². The van der Waals surface area contributed by atoms with Crippen LogP contribution in [0.2, 0.25) is 0 Å². The minimum Gasteiger partial charge on any atom is -0.406 e. The number of anilines is 4. The average Bonchev–Trinajstić information content (AvgIpc) is 2.82. The molecule has 0 spiro atoms. The molecule has 0 atom stereocenters. The summed E-state index contributed by atoms with van der Waals surface area (Å²) in [5.41, 5.74) is 1.86. The van der Waals surface area contributed by atoms with Crippen molar-refractivity contribution < 1.29 is 22.7 Å². The maximum absolute atomic E-state index is 12.7. The molecule has 0 unspecified atom stereocenters. The molecule has 4 aromatic rings. The number of alkyl halides is 3. The second kappa shape index (κ2) is 9.53. The van der Waals surface area contributed by atoms with Crippen molar-refractivity contribution >= 4 is 29.0 Å². The number of hydrogen-bond donors (Lipinski definition) is 1. The van der Waals surface area contributed by atoms with E-state index in [2.05, 4.69) is 30.0 Å². The highest BCUT2D eigenvalue weighted by atomic mass is 19.4. The van der Waals surface area contributed by atoms with E-state index >= 15 is 0 Å². The normalized spacial score (nSPS) is 11.1. The number of rotatable bonds is 6. The standard InChI is InChI=1S/C23H17F3N6O2/c1-15-6-7-17(31-21(33)16-4-2-5-18(12-16)34-23(24,25)26)13-19(15)32(20-14-27-10-11-28-20)22-29-8-3-9-30-22/h2-14H,1H3,(H,31,33). The van der Waals surface area contributed by atoms with E-state index in [0.717, 1.165) is 17.7 Å². The molecule has 11 heteroatoms. The molecule has 0 saturated carbocycles. The number of halogens is 3. The Hall–Kier alpha value is -4.54. The third kappa shape index (κ3) is 5.44. The van der Waals surface area contributed by atoms with Gasteiger partial charge in [0, 0.05) is 36.0 Å². The van der Waals surface area contributed by atoms with Crippen LogP contribution in [0.15, 0.2) is 79.5 Å². The van der Waals surface area contributed by atoms with Gasteiger partial charge in [0.25, 0.3) is 5.91 Å². The average molecular weight is 466 g/mol. The van der Waals surface area contributed by atoms with Gasteiger partial charge in [-0.25, -0.2) is 15.0 Å². The first-order valence-corrected chi connectivity index (χ1v) is 9.91. The van der Waals surface area contributed by atoms with Gasteiger partial charge < -0.3 is 10.1 Å². The Balaban J connectivity index is 1.65. The summed E-state index contributed by atoms with van der Waals surface area (Å²) in [6.07, 6.45) is 2.93. The molecule has 8 nitrogen and oxygen atoms in total. The van der Waals surface area contributed by atoms with Crippen molar-refractivity contribution in [2.75, 3.05) is 10.2 Å². The SMILES string of the molecule is Cc1ccc(NC(=O)c2cccc(OC(F)(F)F)c2)cc1N(c1cnccn1)c1ncccn1. The molecule has 2 aromatic carbocycles. The molecule has 172 valence electrons. The molecule has 0 aliphatic carbocycles. The lowest BCUT2D eigenvalue weighted by atomic mass is 10.1. The fraction of sp³-hybridized carbons (Fsp3) is 0.0870. The predicted octanol–water partition coefficient (Wildman–Crippen LogP) is 5.20. The van der Waals surface area contributed by atoms with Gasteiger partial charge in [0.2, 0.25) is 5.95 Å². The Kier molecular flexibility index (Phi) is 6.35. The summed E-state index contributed by atoms with van der Waals surface area (Å²) in [6, 6.07) is 11.6. The van der Waals surface area contributed by atoms with Crippen LogP contribution in [-0.4, -0.2) is 32.2 Å². The molecular formula is C23H17F3N6O2. The number of nitrogens with one attached hydrogen (secondary N) is 1. The lowest BCUT2D eigenvalue weighted by Crippen LogP contribution is -2.18. The number of nitrogens with zero attached hydrogens (tertiary/aromatic N) is 5. The molecule has 1 amide bonds. The van der Waals surface area contributed by atoms with Gasteiger partial charge in [-0.2, -0.15) is 0 Å². The lowest BCUT2D eigenvalue weighted by molar-refractivity contribution is -0.274. The number of hydrogen-bond acceptors (Lipinski definition) is 7. The van der Waals surface area contributed by atoms with Gasteiger partial charge in [0.15, 0.2) is 5.82 Å². The van der Waals surface area contributed by atoms with Crippen LogP contribution in [0.3, 0.4) is 0 Å². The zero-order chi connectivity index (χ0) is 24.1. The third-order valence-electron chi connectivity index (χ3n) is 4.57. The molecule has 0 bridgehead atoms. The van der Waals surface area contributed by atoms with Gasteiger partial charge in [-0.05, 0) is 48.9 Å². The van der Waals surface area contributed by atoms with Crippen LogP contribution < -0.4 is 15.0 Å². The number of ether oxygens (including phenoxy) is 1. The summed E-state index contributed by atoms with van der Waals surface area (Å²) in [7, 11) is 0. The monoisotopic (exact) mass is 466 g/mol. The predicted molar refractivity (Wildman–Crippen MR) is 118 cm³/mol. The Morgan fingerprint density at radius 3 is 2.47 bits per heavy atom. The minimum atomic E-state index is -4.86. The Morgan fingerprint density at radius 1 is 0.971 bits per heavy atom. The Labute approximate surface area is 192 Å². The Morgan fingerprint density at radius 2 is 1.76 bits per heavy atom. The molecule has 0 fully saturated rings. The number of carbonyl (C=O) groups is 1. The van der Waals surface area contributed by atoms with Gasteiger partial charge in [-0.1, -0.05) is 12.1 Å². The highest BCUT2D eigenvalue weighted by Gasteiger charge is 2.31. The first-order valence-electron chi connectivity index (χ1n) is 9.91. The minimum absolute atomic E-state index is 0.000972. The summed E-state index contributed by atoms with van der Waals surface area (Å²) in [5, 5.41) is 2.69. The van der Waals surface area contributed by atoms with E-state index in [9.17, 15) is 18.0 Å². The van der Waals surface area contributed by atoms with Crippen molar-refractivity contribution in [3.8, 4) is 5.75 Å². The zero-order valence-electron chi connectivity index (χ0n) is 17.7. The Bertz CT molecular complexity index is 1250. The summed E-state index contributed by atoms with van der Waals surface area (Å²) >= 11 is 0. The van der Waals surface area contributed by atoms with Crippen molar-refractivity contribution in [2.45, 2.75) is 13.3 Å². The number of carbonyl (C=O) groups excluding carboxylic acids is 1. The van der Waals surface area contributed by atoms with Crippen LogP contribution in [-0.2, 0) is 0 Å². The number of aromatic nitrogens is 4. The van der Waals surface area contributed by atoms with Crippen LogP contribution >= 0.6 is 0 Å². The fourth-order valence-electron chi connectivity index (χ4n) is 3.11. The van der Waals surface area contributed by atoms with E-state index in [0.29, 0.717) is 23.1 Å². The maximum Gasteiger partial charge on any atom is 0.573 e. The van der Waals surface area contributed by atoms with Gasteiger partial charge in [0.1, 0.15) is 5.75 Å². The van der Waals surface area contributed by atoms with E-state index in [4.69, 9.17) is 0 Å². The smallest absolute Gasteiger partial charge is 0.406 e. The van der Waals surface area contributed by atoms with Gasteiger partial charge in [-0.15, -0.1) is 13.2 Å². The highest BCUT2D eigenvalue weighted by molar-refractivity contribution is 6.04. The zero-order valence-corrected chi connectivity index (χ0v) is 17.7. The van der Waals surface area contributed by atoms with Crippen LogP contribution in [0.25, 0.3) is 0 Å². The lowest BCUT2D eigenvalue weighted by Gasteiger charge is -2.23. The summed E-state index contributed by atoms with van der Waals surface area (Å²) in [6.45, 7) is 1.87. The van der Waals surface area contributed by atoms with E-state index in [1.54, 1.807) is 47.8 Å². The van der Waals surface area contributed by atoms with Gasteiger partial charge in [0.05, 0.1) is 11.9 Å². The van der Waals surface area contributed by atoms with Gasteiger partial charge in [-0.3, -0.25) is 14.7 Å². The van der Waals surface area contributed by atoms with Crippen molar-refractivity contribution in [1.82, 2.24) is 19.9 Å². The van der Waals surface area contributed by atoms with Crippen LogP contribution in [0.1, 0.15) is 15.9 Å². The summed E-state index contributed by atoms with van der Waals surface area (Å²) < 4.78 is 41.4. The van der Waals surface area contributed by atoms with E-state index in [-0.39, 0.29) is 5.56 Å². The van der Waals surface area contributed by atoms with Crippen molar-refractivity contribution in [1.29, 1.82) is 0 Å². The van der Waals surface area contributed by atoms with E-state index in [1.165, 1.54) is 24.5 Å². The first kappa shape index (κ1) is 22.6. The number of aryl methyl sites for hydroxylation is 1. The maximum atomic E-state index is 12.7. The third-order valence-corrected chi connectivity index (χ3v) is 4.57. The van der Waals surface area contributed by atoms with Gasteiger partial charge >= 0.3 is 6.36 Å². The van der Waals surface area contributed by atoms with E-state index < -0.39 is 18.0 Å². The first-order chi connectivity index (χ1) is 16.3. The highest BCUT2D eigenvalue weighted by Crippen LogP contribution is 2.34. The summed E-state index contributed by atoms with van der Waals surface area (Å²) in [4.78, 5) is 31.5. The molecule has 2 heterocycles. The fourth-order valence-corrected chi connectivity index (χ4v) is 3.11. The summed E-state index contributed by atoms with van der Waals surface area (Å²) in [5.74, 6) is -0.298. The van der Waals surface area contributed by atoms with Crippen LogP contribution in [0, 0.1) is 6.92 Å².